The van der Waals surface area contributed by atoms with Gasteiger partial charge < -0.3 is 29.0 Å². The third kappa shape index (κ3) is 4.17. The van der Waals surface area contributed by atoms with Crippen molar-refractivity contribution >= 4 is 19.4 Å². The third-order valence-electron chi connectivity index (χ3n) is 2.94. The van der Waals surface area contributed by atoms with Gasteiger partial charge in [0.25, 0.3) is 19.4 Å². The Morgan fingerprint density at radius 2 is 1.81 bits per heavy atom. The smallest absolute Gasteiger partial charge is 0.293 e. The molecule has 0 aromatic heterocycles. The summed E-state index contributed by atoms with van der Waals surface area (Å²) >= 11 is 0. The Balaban J connectivity index is 3.01. The van der Waals surface area contributed by atoms with Crippen LogP contribution in [0.3, 0.4) is 0 Å². The molecule has 5 atom stereocenters. The molecule has 9 heteroatoms. The summed E-state index contributed by atoms with van der Waals surface area (Å²) in [6.45, 7) is 3.96. The highest BCUT2D eigenvalue weighted by atomic mass is 16.7. The van der Waals surface area contributed by atoms with E-state index < -0.39 is 30.6 Å². The Labute approximate surface area is 121 Å². The van der Waals surface area contributed by atoms with Crippen molar-refractivity contribution in [3.8, 4) is 0 Å². The summed E-state index contributed by atoms with van der Waals surface area (Å²) in [5.41, 5.74) is 0. The lowest BCUT2D eigenvalue weighted by Gasteiger charge is -2.43. The zero-order valence-electron chi connectivity index (χ0n) is 11.4. The van der Waals surface area contributed by atoms with E-state index in [1.54, 1.807) is 0 Å². The largest absolute Gasteiger partial charge is 0.465 e. The second kappa shape index (κ2) is 8.93. The molecule has 9 nitrogen and oxygen atoms in total. The summed E-state index contributed by atoms with van der Waals surface area (Å²) in [5, 5.41) is 2.81. The topological polar surface area (TPSA) is 109 Å². The number of hydrogen-bond donors (Lipinski definition) is 1. The predicted molar refractivity (Wildman–Crippen MR) is 66.7 cm³/mol. The molecule has 1 heterocycles. The van der Waals surface area contributed by atoms with Crippen LogP contribution in [-0.2, 0) is 38.1 Å². The quantitative estimate of drug-likeness (QED) is 0.389. The molecular weight excluding hydrogens is 286 g/mol. The van der Waals surface area contributed by atoms with Crippen molar-refractivity contribution in [3.05, 3.63) is 12.8 Å². The number of carbonyl (C=O) groups is 3. The lowest BCUT2D eigenvalue weighted by Crippen LogP contribution is -2.64. The summed E-state index contributed by atoms with van der Waals surface area (Å²) in [6, 6.07) is -0.657. The summed E-state index contributed by atoms with van der Waals surface area (Å²) in [6.07, 6.45) is -2.21. The fourth-order valence-electron chi connectivity index (χ4n) is 2.14. The number of methoxy groups -OCH3 is 1. The average Bonchev–Trinajstić information content (AvgIpc) is 2.49. The zero-order chi connectivity index (χ0) is 15.7. The summed E-state index contributed by atoms with van der Waals surface area (Å²) in [5.74, 6) is 0. The van der Waals surface area contributed by atoms with E-state index in [1.807, 2.05) is 0 Å². The zero-order valence-corrected chi connectivity index (χ0v) is 11.4. The van der Waals surface area contributed by atoms with Gasteiger partial charge in [-0.3, -0.25) is 14.4 Å². The molecule has 1 rings (SSSR count). The van der Waals surface area contributed by atoms with Crippen LogP contribution in [0.2, 0.25) is 0 Å². The second-order valence-corrected chi connectivity index (χ2v) is 4.00. The van der Waals surface area contributed by atoms with Crippen molar-refractivity contribution in [2.45, 2.75) is 30.6 Å². The van der Waals surface area contributed by atoms with Gasteiger partial charge in [-0.2, -0.15) is 0 Å². The molecule has 0 saturated carbocycles. The maximum Gasteiger partial charge on any atom is 0.293 e. The average molecular weight is 303 g/mol. The van der Waals surface area contributed by atoms with Crippen LogP contribution in [0, 0.1) is 0 Å². The van der Waals surface area contributed by atoms with E-state index in [0.717, 1.165) is 0 Å². The van der Waals surface area contributed by atoms with Gasteiger partial charge in [0.2, 0.25) is 0 Å². The fraction of sp³-hybridized carbons (Fsp3) is 0.583. The maximum absolute atomic E-state index is 10.7. The van der Waals surface area contributed by atoms with E-state index in [9.17, 15) is 14.4 Å². The fourth-order valence-corrected chi connectivity index (χ4v) is 2.14. The van der Waals surface area contributed by atoms with Gasteiger partial charge in [-0.25, -0.2) is 0 Å². The molecule has 1 aliphatic rings. The molecule has 1 saturated heterocycles. The molecular formula is C12H17NO8. The van der Waals surface area contributed by atoms with E-state index in [4.69, 9.17) is 18.9 Å². The summed E-state index contributed by atoms with van der Waals surface area (Å²) in [7, 11) is 1.39. The van der Waals surface area contributed by atoms with Crippen LogP contribution >= 0.6 is 0 Å². The molecule has 0 aromatic rings. The van der Waals surface area contributed by atoms with Crippen LogP contribution in [0.5, 0.6) is 0 Å². The van der Waals surface area contributed by atoms with Crippen molar-refractivity contribution in [3.63, 3.8) is 0 Å². The van der Waals surface area contributed by atoms with Gasteiger partial charge in [0.15, 0.2) is 18.5 Å². The predicted octanol–water partition coefficient (Wildman–Crippen LogP) is -1.28. The summed E-state index contributed by atoms with van der Waals surface area (Å²) < 4.78 is 25.2. The second-order valence-electron chi connectivity index (χ2n) is 4.00. The van der Waals surface area contributed by atoms with Gasteiger partial charge in [0, 0.05) is 7.11 Å². The number of carbonyl (C=O) groups excluding carboxylic acids is 3. The standard InChI is InChI=1S/C12H17NO8/c1-3-13-9-11(20-7-16)10(19-6-15)8(4-18-5-14)21-12(9)17-2/h3,5-13H,1,4H2,2H3/t8-,9-,10-,11-,12-/m1/s1. The Morgan fingerprint density at radius 1 is 1.14 bits per heavy atom. The molecule has 1 fully saturated rings. The lowest BCUT2D eigenvalue weighted by atomic mass is 9.96. The van der Waals surface area contributed by atoms with Crippen LogP contribution in [0.15, 0.2) is 12.8 Å². The first kappa shape index (κ1) is 16.9. The monoisotopic (exact) mass is 303 g/mol. The van der Waals surface area contributed by atoms with Gasteiger partial charge in [-0.05, 0) is 6.20 Å². The third-order valence-corrected chi connectivity index (χ3v) is 2.94. The van der Waals surface area contributed by atoms with E-state index in [2.05, 4.69) is 16.6 Å². The Kier molecular flexibility index (Phi) is 7.19. The number of rotatable bonds is 10. The molecule has 0 unspecified atom stereocenters. The Morgan fingerprint density at radius 3 is 2.33 bits per heavy atom. The van der Waals surface area contributed by atoms with Gasteiger partial charge >= 0.3 is 0 Å². The maximum atomic E-state index is 10.7. The minimum atomic E-state index is -0.975. The number of nitrogens with one attached hydrogen (secondary N) is 1. The van der Waals surface area contributed by atoms with E-state index in [1.165, 1.54) is 13.3 Å². The molecule has 0 aromatic carbocycles. The van der Waals surface area contributed by atoms with Crippen LogP contribution < -0.4 is 5.32 Å². The molecule has 0 spiro atoms. The Bertz CT molecular complexity index is 363. The van der Waals surface area contributed by atoms with Gasteiger partial charge in [-0.1, -0.05) is 6.58 Å². The molecule has 0 aliphatic carbocycles. The SMILES string of the molecule is C=CN[C@H]1[C@H](OC)O[C@H](COC=O)[C@@H](OC=O)[C@@H]1OC=O. The van der Waals surface area contributed by atoms with Crippen molar-refractivity contribution in [2.75, 3.05) is 13.7 Å². The van der Waals surface area contributed by atoms with Crippen LogP contribution in [0.1, 0.15) is 0 Å². The molecule has 0 radical (unpaired) electrons. The molecule has 0 amide bonds. The normalized spacial score (nSPS) is 31.6. The van der Waals surface area contributed by atoms with E-state index >= 15 is 0 Å². The minimum Gasteiger partial charge on any atom is -0.465 e. The van der Waals surface area contributed by atoms with Crippen LogP contribution in [-0.4, -0.2) is 63.8 Å². The molecule has 118 valence electrons. The number of hydrogen-bond acceptors (Lipinski definition) is 9. The van der Waals surface area contributed by atoms with Crippen molar-refractivity contribution in [1.29, 1.82) is 0 Å². The first-order valence-corrected chi connectivity index (χ1v) is 6.02. The number of ether oxygens (including phenoxy) is 5. The lowest BCUT2D eigenvalue weighted by molar-refractivity contribution is -0.266. The highest BCUT2D eigenvalue weighted by Crippen LogP contribution is 2.26. The van der Waals surface area contributed by atoms with Crippen molar-refractivity contribution in [2.24, 2.45) is 0 Å². The first-order valence-electron chi connectivity index (χ1n) is 6.02. The van der Waals surface area contributed by atoms with Gasteiger partial charge in [-0.15, -0.1) is 0 Å². The van der Waals surface area contributed by atoms with Crippen molar-refractivity contribution < 1.29 is 38.1 Å². The molecule has 1 aliphatic heterocycles. The Hall–Kier alpha value is -2.13. The molecule has 21 heavy (non-hydrogen) atoms. The van der Waals surface area contributed by atoms with Crippen LogP contribution in [0.4, 0.5) is 0 Å². The van der Waals surface area contributed by atoms with Gasteiger partial charge in [0.05, 0.1) is 0 Å². The molecule has 1 N–H and O–H groups in total. The first-order chi connectivity index (χ1) is 10.2. The highest BCUT2D eigenvalue weighted by molar-refractivity contribution is 5.40. The highest BCUT2D eigenvalue weighted by Gasteiger charge is 2.49. The minimum absolute atomic E-state index is 0.193. The summed E-state index contributed by atoms with van der Waals surface area (Å²) in [4.78, 5) is 31.7. The van der Waals surface area contributed by atoms with E-state index in [-0.39, 0.29) is 26.0 Å². The van der Waals surface area contributed by atoms with E-state index in [0.29, 0.717) is 0 Å². The van der Waals surface area contributed by atoms with Crippen molar-refractivity contribution in [1.82, 2.24) is 5.32 Å². The van der Waals surface area contributed by atoms with Gasteiger partial charge in [0.1, 0.15) is 18.8 Å². The molecule has 0 bridgehead atoms. The van der Waals surface area contributed by atoms with Crippen LogP contribution in [0.25, 0.3) is 0 Å².